The van der Waals surface area contributed by atoms with E-state index in [4.69, 9.17) is 0 Å². The molecule has 0 saturated heterocycles. The van der Waals surface area contributed by atoms with Crippen molar-refractivity contribution in [3.05, 3.63) is 11.9 Å². The predicted molar refractivity (Wildman–Crippen MR) is 95.6 cm³/mol. The summed E-state index contributed by atoms with van der Waals surface area (Å²) in [4.78, 5) is 8.79. The van der Waals surface area contributed by atoms with Gasteiger partial charge in [0.05, 0.1) is 0 Å². The van der Waals surface area contributed by atoms with E-state index in [2.05, 4.69) is 47.6 Å². The zero-order valence-electron chi connectivity index (χ0n) is 13.9. The van der Waals surface area contributed by atoms with Crippen LogP contribution in [0.25, 0.3) is 0 Å². The Morgan fingerprint density at radius 3 is 2.33 bits per heavy atom. The molecule has 4 nitrogen and oxygen atoms in total. The molecule has 2 N–H and O–H groups in total. The molecule has 0 unspecified atom stereocenters. The molecule has 0 radical (unpaired) electrons. The molecule has 0 spiro atoms. The third-order valence-corrected chi connectivity index (χ3v) is 4.07. The molecular formula is C16H30N4S. The lowest BCUT2D eigenvalue weighted by Gasteiger charge is -2.17. The van der Waals surface area contributed by atoms with Gasteiger partial charge in [0.25, 0.3) is 0 Å². The molecule has 5 heteroatoms. The van der Waals surface area contributed by atoms with E-state index >= 15 is 0 Å². The Morgan fingerprint density at radius 2 is 1.71 bits per heavy atom. The molecule has 0 atom stereocenters. The van der Waals surface area contributed by atoms with Crippen LogP contribution in [-0.2, 0) is 0 Å². The van der Waals surface area contributed by atoms with Crippen molar-refractivity contribution in [2.75, 3.05) is 35.7 Å². The van der Waals surface area contributed by atoms with E-state index in [-0.39, 0.29) is 0 Å². The molecular weight excluding hydrogens is 280 g/mol. The fraction of sp³-hybridized carbons (Fsp3) is 0.750. The summed E-state index contributed by atoms with van der Waals surface area (Å²) in [6, 6.07) is 0. The summed E-state index contributed by atoms with van der Waals surface area (Å²) >= 11 is 1.93. The Bertz CT molecular complexity index is 396. The maximum absolute atomic E-state index is 4.42. The summed E-state index contributed by atoms with van der Waals surface area (Å²) < 4.78 is 0. The maximum atomic E-state index is 4.42. The second kappa shape index (κ2) is 10.7. The molecule has 1 aromatic heterocycles. The second-order valence-corrected chi connectivity index (χ2v) is 6.49. The van der Waals surface area contributed by atoms with E-state index in [1.54, 1.807) is 6.33 Å². The van der Waals surface area contributed by atoms with Crippen molar-refractivity contribution in [3.63, 3.8) is 0 Å². The number of thioether (sulfide) groups is 1. The minimum absolute atomic E-state index is 0.407. The minimum Gasteiger partial charge on any atom is -0.370 e. The molecule has 0 aliphatic heterocycles. The van der Waals surface area contributed by atoms with Crippen molar-refractivity contribution in [1.82, 2.24) is 9.97 Å². The number of unbranched alkanes of at least 4 members (excludes halogenated alkanes) is 3. The fourth-order valence-electron chi connectivity index (χ4n) is 2.32. The highest BCUT2D eigenvalue weighted by Crippen LogP contribution is 2.28. The molecule has 0 aliphatic carbocycles. The number of nitrogens with one attached hydrogen (secondary N) is 2. The first kappa shape index (κ1) is 18.1. The van der Waals surface area contributed by atoms with Crippen LogP contribution in [0.5, 0.6) is 0 Å². The first-order valence-electron chi connectivity index (χ1n) is 8.02. The average Bonchev–Trinajstić information content (AvgIpc) is 2.46. The largest absolute Gasteiger partial charge is 0.370 e. The zero-order valence-corrected chi connectivity index (χ0v) is 14.7. The molecule has 1 aromatic rings. The van der Waals surface area contributed by atoms with Crippen LogP contribution in [0.15, 0.2) is 6.33 Å². The van der Waals surface area contributed by atoms with Gasteiger partial charge in [0.1, 0.15) is 18.0 Å². The van der Waals surface area contributed by atoms with E-state index < -0.39 is 0 Å². The quantitative estimate of drug-likeness (QED) is 0.594. The van der Waals surface area contributed by atoms with Crippen LogP contribution in [0.4, 0.5) is 11.6 Å². The monoisotopic (exact) mass is 310 g/mol. The van der Waals surface area contributed by atoms with Gasteiger partial charge in [-0.05, 0) is 37.7 Å². The molecule has 0 amide bonds. The number of nitrogens with zero attached hydrogens (tertiary/aromatic N) is 2. The van der Waals surface area contributed by atoms with Gasteiger partial charge in [-0.3, -0.25) is 0 Å². The summed E-state index contributed by atoms with van der Waals surface area (Å²) in [6.45, 7) is 8.33. The van der Waals surface area contributed by atoms with Gasteiger partial charge in [-0.2, -0.15) is 11.8 Å². The molecule has 1 heterocycles. The highest BCUT2D eigenvalue weighted by Gasteiger charge is 2.13. The zero-order chi connectivity index (χ0) is 15.5. The Kier molecular flexibility index (Phi) is 9.22. The van der Waals surface area contributed by atoms with Crippen molar-refractivity contribution in [2.45, 2.75) is 52.4 Å². The Morgan fingerprint density at radius 1 is 1.05 bits per heavy atom. The number of hydrogen-bond donors (Lipinski definition) is 2. The van der Waals surface area contributed by atoms with Crippen molar-refractivity contribution >= 4 is 23.4 Å². The van der Waals surface area contributed by atoms with Crippen LogP contribution in [0.3, 0.4) is 0 Å². The number of anilines is 2. The van der Waals surface area contributed by atoms with Crippen LogP contribution in [0.1, 0.15) is 57.9 Å². The van der Waals surface area contributed by atoms with Crippen LogP contribution in [0, 0.1) is 0 Å². The highest BCUT2D eigenvalue weighted by atomic mass is 32.2. The SMILES string of the molecule is CCNc1ncnc(NCCCCCCSC)c1C(C)C. The van der Waals surface area contributed by atoms with Gasteiger partial charge >= 0.3 is 0 Å². The molecule has 0 bridgehead atoms. The Hall–Kier alpha value is -0.970. The van der Waals surface area contributed by atoms with Crippen molar-refractivity contribution in [2.24, 2.45) is 0 Å². The van der Waals surface area contributed by atoms with Crippen molar-refractivity contribution in [3.8, 4) is 0 Å². The normalized spacial score (nSPS) is 10.9. The highest BCUT2D eigenvalue weighted by molar-refractivity contribution is 7.98. The molecule has 0 aromatic carbocycles. The number of rotatable bonds is 11. The summed E-state index contributed by atoms with van der Waals surface area (Å²) in [5, 5.41) is 6.82. The molecule has 21 heavy (non-hydrogen) atoms. The van der Waals surface area contributed by atoms with Gasteiger partial charge in [-0.1, -0.05) is 26.7 Å². The minimum atomic E-state index is 0.407. The van der Waals surface area contributed by atoms with Gasteiger partial charge in [0.15, 0.2) is 0 Å². The summed E-state index contributed by atoms with van der Waals surface area (Å²) in [5.41, 5.74) is 1.20. The van der Waals surface area contributed by atoms with Gasteiger partial charge in [0, 0.05) is 18.7 Å². The third-order valence-electron chi connectivity index (χ3n) is 3.37. The molecule has 0 fully saturated rings. The van der Waals surface area contributed by atoms with E-state index in [9.17, 15) is 0 Å². The molecule has 0 saturated carbocycles. The van der Waals surface area contributed by atoms with Crippen LogP contribution >= 0.6 is 11.8 Å². The van der Waals surface area contributed by atoms with Crippen molar-refractivity contribution < 1.29 is 0 Å². The molecule has 1 rings (SSSR count). The van der Waals surface area contributed by atoms with Gasteiger partial charge in [0.2, 0.25) is 0 Å². The van der Waals surface area contributed by atoms with Crippen LogP contribution in [-0.4, -0.2) is 35.1 Å². The molecule has 120 valence electrons. The lowest BCUT2D eigenvalue weighted by Crippen LogP contribution is -2.12. The Balaban J connectivity index is 2.48. The third kappa shape index (κ3) is 6.55. The Labute approximate surface area is 133 Å². The first-order valence-corrected chi connectivity index (χ1v) is 9.41. The summed E-state index contributed by atoms with van der Waals surface area (Å²) in [5.74, 6) is 3.64. The predicted octanol–water partition coefficient (Wildman–Crippen LogP) is 4.37. The standard InChI is InChI=1S/C16H30N4S/c1-5-17-15-14(13(2)3)16(20-12-19-15)18-10-8-6-7-9-11-21-4/h12-13H,5-11H2,1-4H3,(H2,17,18,19,20). The van der Waals surface area contributed by atoms with Gasteiger partial charge in [-0.15, -0.1) is 0 Å². The maximum Gasteiger partial charge on any atom is 0.134 e. The summed E-state index contributed by atoms with van der Waals surface area (Å²) in [7, 11) is 0. The number of aromatic nitrogens is 2. The van der Waals surface area contributed by atoms with Crippen LogP contribution in [0.2, 0.25) is 0 Å². The lowest BCUT2D eigenvalue weighted by atomic mass is 10.0. The molecule has 0 aliphatic rings. The fourth-order valence-corrected chi connectivity index (χ4v) is 2.82. The van der Waals surface area contributed by atoms with Crippen LogP contribution < -0.4 is 10.6 Å². The van der Waals surface area contributed by atoms with Crippen molar-refractivity contribution in [1.29, 1.82) is 0 Å². The van der Waals surface area contributed by atoms with E-state index in [0.29, 0.717) is 5.92 Å². The van der Waals surface area contributed by atoms with E-state index in [1.165, 1.54) is 37.0 Å². The second-order valence-electron chi connectivity index (χ2n) is 5.50. The number of hydrogen-bond acceptors (Lipinski definition) is 5. The lowest BCUT2D eigenvalue weighted by molar-refractivity contribution is 0.687. The smallest absolute Gasteiger partial charge is 0.134 e. The topological polar surface area (TPSA) is 49.8 Å². The summed E-state index contributed by atoms with van der Waals surface area (Å²) in [6.07, 6.45) is 8.96. The first-order chi connectivity index (χ1) is 10.2. The van der Waals surface area contributed by atoms with E-state index in [1.807, 2.05) is 11.8 Å². The van der Waals surface area contributed by atoms with Gasteiger partial charge < -0.3 is 10.6 Å². The van der Waals surface area contributed by atoms with E-state index in [0.717, 1.165) is 24.7 Å². The van der Waals surface area contributed by atoms with Gasteiger partial charge in [-0.25, -0.2) is 9.97 Å². The average molecular weight is 311 g/mol.